The number of alkyl halides is 1. The van der Waals surface area contributed by atoms with E-state index >= 15 is 0 Å². The Morgan fingerprint density at radius 3 is 2.75 bits per heavy atom. The minimum absolute atomic E-state index is 0.336. The van der Waals surface area contributed by atoms with E-state index in [-0.39, 0.29) is 6.67 Å². The van der Waals surface area contributed by atoms with E-state index in [9.17, 15) is 9.50 Å². The third-order valence-corrected chi connectivity index (χ3v) is 4.71. The third-order valence-electron chi connectivity index (χ3n) is 4.71. The highest BCUT2D eigenvalue weighted by Crippen LogP contribution is 2.41. The van der Waals surface area contributed by atoms with Crippen molar-refractivity contribution in [2.75, 3.05) is 27.4 Å². The standard InChI is InChI=1S/C20H24FNO2/c1-22-13-16-7-3-4-8-17(16)20(23,14-22)18-12-15(6-5-11-21)9-10-19(18)24-2/h3-4,7-10,12,23H,5-6,11,13-14H2,1-2H3. The van der Waals surface area contributed by atoms with Gasteiger partial charge >= 0.3 is 0 Å². The molecule has 0 radical (unpaired) electrons. The van der Waals surface area contributed by atoms with Gasteiger partial charge in [-0.15, -0.1) is 0 Å². The van der Waals surface area contributed by atoms with Crippen molar-refractivity contribution in [2.24, 2.45) is 0 Å². The molecule has 1 unspecified atom stereocenters. The Morgan fingerprint density at radius 2 is 2.00 bits per heavy atom. The molecule has 0 bridgehead atoms. The fourth-order valence-corrected chi connectivity index (χ4v) is 3.62. The Kier molecular flexibility index (Phi) is 4.88. The molecule has 1 N–H and O–H groups in total. The zero-order chi connectivity index (χ0) is 17.2. The summed E-state index contributed by atoms with van der Waals surface area (Å²) in [6.45, 7) is 0.965. The van der Waals surface area contributed by atoms with Crippen LogP contribution in [0.4, 0.5) is 4.39 Å². The largest absolute Gasteiger partial charge is 0.496 e. The molecule has 24 heavy (non-hydrogen) atoms. The van der Waals surface area contributed by atoms with E-state index in [2.05, 4.69) is 11.0 Å². The molecule has 3 nitrogen and oxygen atoms in total. The van der Waals surface area contributed by atoms with Crippen molar-refractivity contribution in [3.63, 3.8) is 0 Å². The van der Waals surface area contributed by atoms with Crippen LogP contribution < -0.4 is 4.74 Å². The number of likely N-dealkylation sites (N-methyl/N-ethyl adjacent to an activating group) is 1. The van der Waals surface area contributed by atoms with Crippen molar-refractivity contribution in [1.82, 2.24) is 4.90 Å². The molecule has 1 aliphatic rings. The number of fused-ring (bicyclic) bond motifs is 1. The zero-order valence-corrected chi connectivity index (χ0v) is 14.3. The number of aryl methyl sites for hydroxylation is 1. The van der Waals surface area contributed by atoms with Crippen LogP contribution >= 0.6 is 0 Å². The molecule has 0 aliphatic carbocycles. The Hall–Kier alpha value is -1.91. The van der Waals surface area contributed by atoms with Gasteiger partial charge in [0.05, 0.1) is 13.8 Å². The maximum absolute atomic E-state index is 12.5. The van der Waals surface area contributed by atoms with Crippen LogP contribution in [0.3, 0.4) is 0 Å². The van der Waals surface area contributed by atoms with E-state index in [4.69, 9.17) is 4.74 Å². The first-order valence-electron chi connectivity index (χ1n) is 8.31. The van der Waals surface area contributed by atoms with Gasteiger partial charge in [-0.3, -0.25) is 9.29 Å². The highest BCUT2D eigenvalue weighted by atomic mass is 19.1. The van der Waals surface area contributed by atoms with Crippen LogP contribution in [0.2, 0.25) is 0 Å². The fraction of sp³-hybridized carbons (Fsp3) is 0.400. The summed E-state index contributed by atoms with van der Waals surface area (Å²) in [4.78, 5) is 2.11. The lowest BCUT2D eigenvalue weighted by molar-refractivity contribution is 0.0262. The summed E-state index contributed by atoms with van der Waals surface area (Å²) < 4.78 is 18.0. The number of β-amino-alcohol motifs (C(OH)–C–C–N with tert-alkyl or cyclic N) is 1. The van der Waals surface area contributed by atoms with Crippen LogP contribution in [0.1, 0.15) is 28.7 Å². The van der Waals surface area contributed by atoms with E-state index in [1.807, 2.05) is 43.4 Å². The number of ether oxygens (including phenoxy) is 1. The van der Waals surface area contributed by atoms with E-state index in [0.29, 0.717) is 25.1 Å². The maximum Gasteiger partial charge on any atom is 0.131 e. The number of hydrogen-bond acceptors (Lipinski definition) is 3. The summed E-state index contributed by atoms with van der Waals surface area (Å²) >= 11 is 0. The van der Waals surface area contributed by atoms with Gasteiger partial charge in [-0.2, -0.15) is 0 Å². The second-order valence-corrected chi connectivity index (χ2v) is 6.52. The number of nitrogens with zero attached hydrogens (tertiary/aromatic N) is 1. The molecule has 128 valence electrons. The molecule has 2 aromatic carbocycles. The first-order chi connectivity index (χ1) is 11.6. The number of rotatable bonds is 5. The Balaban J connectivity index is 2.12. The normalized spacial score (nSPS) is 20.7. The van der Waals surface area contributed by atoms with Gasteiger partial charge in [0.15, 0.2) is 0 Å². The van der Waals surface area contributed by atoms with Crippen molar-refractivity contribution in [2.45, 2.75) is 25.0 Å². The van der Waals surface area contributed by atoms with E-state index in [0.717, 1.165) is 28.8 Å². The van der Waals surface area contributed by atoms with Gasteiger partial charge < -0.3 is 9.84 Å². The minimum atomic E-state index is -1.14. The zero-order valence-electron chi connectivity index (χ0n) is 14.3. The van der Waals surface area contributed by atoms with Crippen LogP contribution in [0.15, 0.2) is 42.5 Å². The average molecular weight is 329 g/mol. The molecule has 1 aliphatic heterocycles. The van der Waals surface area contributed by atoms with Crippen molar-refractivity contribution in [3.05, 3.63) is 64.7 Å². The second-order valence-electron chi connectivity index (χ2n) is 6.52. The molecule has 1 atom stereocenters. The third kappa shape index (κ3) is 3.04. The van der Waals surface area contributed by atoms with Gasteiger partial charge in [0.25, 0.3) is 0 Å². The van der Waals surface area contributed by atoms with Crippen molar-refractivity contribution in [1.29, 1.82) is 0 Å². The molecule has 2 aromatic rings. The lowest BCUT2D eigenvalue weighted by Gasteiger charge is -2.40. The number of halogens is 1. The molecule has 0 aromatic heterocycles. The monoisotopic (exact) mass is 329 g/mol. The average Bonchev–Trinajstić information content (AvgIpc) is 2.59. The molecule has 1 heterocycles. The van der Waals surface area contributed by atoms with Crippen LogP contribution in [0, 0.1) is 0 Å². The Labute approximate surface area is 142 Å². The molecule has 3 rings (SSSR count). The van der Waals surface area contributed by atoms with Gasteiger partial charge in [-0.25, -0.2) is 0 Å². The predicted molar refractivity (Wildman–Crippen MR) is 93.1 cm³/mol. The summed E-state index contributed by atoms with van der Waals surface area (Å²) in [6.07, 6.45) is 1.14. The van der Waals surface area contributed by atoms with Crippen molar-refractivity contribution >= 4 is 0 Å². The molecule has 0 spiro atoms. The van der Waals surface area contributed by atoms with E-state index in [1.54, 1.807) is 7.11 Å². The topological polar surface area (TPSA) is 32.7 Å². The summed E-state index contributed by atoms with van der Waals surface area (Å²) in [5.41, 5.74) is 2.66. The first-order valence-corrected chi connectivity index (χ1v) is 8.31. The quantitative estimate of drug-likeness (QED) is 0.914. The van der Waals surface area contributed by atoms with Gasteiger partial charge in [0.2, 0.25) is 0 Å². The molecule has 0 fully saturated rings. The van der Waals surface area contributed by atoms with Crippen LogP contribution in [-0.4, -0.2) is 37.4 Å². The molecule has 0 saturated carbocycles. The lowest BCUT2D eigenvalue weighted by Crippen LogP contribution is -2.45. The fourth-order valence-electron chi connectivity index (χ4n) is 3.62. The number of methoxy groups -OCH3 is 1. The van der Waals surface area contributed by atoms with Crippen molar-refractivity contribution < 1.29 is 14.2 Å². The van der Waals surface area contributed by atoms with Gasteiger partial charge in [-0.1, -0.05) is 30.3 Å². The van der Waals surface area contributed by atoms with Crippen LogP contribution in [-0.2, 0) is 18.6 Å². The van der Waals surface area contributed by atoms with Crippen LogP contribution in [0.25, 0.3) is 0 Å². The number of benzene rings is 2. The minimum Gasteiger partial charge on any atom is -0.496 e. The molecular formula is C20H24FNO2. The smallest absolute Gasteiger partial charge is 0.131 e. The van der Waals surface area contributed by atoms with Crippen LogP contribution in [0.5, 0.6) is 5.75 Å². The van der Waals surface area contributed by atoms with Gasteiger partial charge in [-0.05, 0) is 48.7 Å². The molecule has 0 amide bonds. The summed E-state index contributed by atoms with van der Waals surface area (Å²) in [5.74, 6) is 0.659. The summed E-state index contributed by atoms with van der Waals surface area (Å²) in [6, 6.07) is 13.8. The molecule has 4 heteroatoms. The summed E-state index contributed by atoms with van der Waals surface area (Å²) in [5, 5.41) is 11.6. The second kappa shape index (κ2) is 6.91. The maximum atomic E-state index is 12.5. The van der Waals surface area contributed by atoms with E-state index in [1.165, 1.54) is 0 Å². The molecule has 0 saturated heterocycles. The van der Waals surface area contributed by atoms with Crippen molar-refractivity contribution in [3.8, 4) is 5.75 Å². The Morgan fingerprint density at radius 1 is 1.21 bits per heavy atom. The Bertz CT molecular complexity index is 719. The highest BCUT2D eigenvalue weighted by molar-refractivity contribution is 5.50. The summed E-state index contributed by atoms with van der Waals surface area (Å²) in [7, 11) is 3.61. The predicted octanol–water partition coefficient (Wildman–Crippen LogP) is 3.28. The SMILES string of the molecule is COc1ccc(CCCF)cc1C1(O)CN(C)Cc2ccccc21. The number of aliphatic hydroxyl groups is 1. The highest BCUT2D eigenvalue weighted by Gasteiger charge is 2.40. The lowest BCUT2D eigenvalue weighted by atomic mass is 9.79. The molecular weight excluding hydrogens is 305 g/mol. The first kappa shape index (κ1) is 16.9. The van der Waals surface area contributed by atoms with Gasteiger partial charge in [0.1, 0.15) is 11.4 Å². The van der Waals surface area contributed by atoms with Gasteiger partial charge in [0, 0.05) is 18.7 Å². The number of hydrogen-bond donors (Lipinski definition) is 1. The van der Waals surface area contributed by atoms with E-state index < -0.39 is 5.60 Å².